The van der Waals surface area contributed by atoms with Crippen molar-refractivity contribution in [2.24, 2.45) is 0 Å². The zero-order valence-electron chi connectivity index (χ0n) is 12.4. The fourth-order valence-corrected chi connectivity index (χ4v) is 1.65. The fraction of sp³-hybridized carbons (Fsp3) is 0.467. The van der Waals surface area contributed by atoms with Gasteiger partial charge in [-0.3, -0.25) is 4.79 Å². The Balaban J connectivity index is 2.55. The molecule has 0 aromatic heterocycles. The maximum atomic E-state index is 11.7. The second-order valence-corrected chi connectivity index (χ2v) is 4.91. The molecule has 0 bridgehead atoms. The number of hydrogen-bond acceptors (Lipinski definition) is 2. The number of urea groups is 1. The summed E-state index contributed by atoms with van der Waals surface area (Å²) in [5.41, 5.74) is 1.58. The van der Waals surface area contributed by atoms with Crippen LogP contribution in [0.2, 0.25) is 0 Å². The van der Waals surface area contributed by atoms with Gasteiger partial charge in [0.05, 0.1) is 6.42 Å². The Morgan fingerprint density at radius 3 is 2.65 bits per heavy atom. The van der Waals surface area contributed by atoms with Crippen LogP contribution in [0.1, 0.15) is 25.3 Å². The predicted molar refractivity (Wildman–Crippen MR) is 80.8 cm³/mol. The lowest BCUT2D eigenvalue weighted by molar-refractivity contribution is -0.120. The van der Waals surface area contributed by atoms with Crippen molar-refractivity contribution in [3.8, 4) is 0 Å². The Hall–Kier alpha value is -2.04. The quantitative estimate of drug-likeness (QED) is 0.783. The minimum atomic E-state index is -0.186. The maximum absolute atomic E-state index is 11.7. The Kier molecular flexibility index (Phi) is 6.56. The highest BCUT2D eigenvalue weighted by molar-refractivity contribution is 5.89. The largest absolute Gasteiger partial charge is 0.356 e. The molecule has 1 aromatic rings. The van der Waals surface area contributed by atoms with Crippen LogP contribution in [0.25, 0.3) is 0 Å². The molecule has 0 heterocycles. The zero-order chi connectivity index (χ0) is 15.0. The molecule has 2 N–H and O–H groups in total. The lowest BCUT2D eigenvalue weighted by Crippen LogP contribution is -2.27. The molecule has 0 atom stereocenters. The summed E-state index contributed by atoms with van der Waals surface area (Å²) in [5.74, 6) is 0.00883. The molecular formula is C15H23N3O2. The van der Waals surface area contributed by atoms with Gasteiger partial charge in [0.2, 0.25) is 5.91 Å². The van der Waals surface area contributed by atoms with E-state index in [0.29, 0.717) is 18.7 Å². The molecule has 0 aliphatic heterocycles. The van der Waals surface area contributed by atoms with E-state index < -0.39 is 0 Å². The number of anilines is 1. The van der Waals surface area contributed by atoms with E-state index in [1.165, 1.54) is 4.90 Å². The smallest absolute Gasteiger partial charge is 0.321 e. The molecule has 1 aromatic carbocycles. The molecule has 0 radical (unpaired) electrons. The first-order chi connectivity index (χ1) is 9.52. The van der Waals surface area contributed by atoms with Crippen LogP contribution in [0.15, 0.2) is 24.3 Å². The summed E-state index contributed by atoms with van der Waals surface area (Å²) in [7, 11) is 3.36. The first-order valence-electron chi connectivity index (χ1n) is 6.87. The lowest BCUT2D eigenvalue weighted by atomic mass is 10.1. The molecule has 1 rings (SSSR count). The van der Waals surface area contributed by atoms with E-state index in [1.807, 2.05) is 18.2 Å². The van der Waals surface area contributed by atoms with Gasteiger partial charge in [0.15, 0.2) is 0 Å². The standard InChI is InChI=1S/C15H23N3O2/c1-4-5-9-16-14(19)11-12-7-6-8-13(10-12)17-15(20)18(2)3/h6-8,10H,4-5,9,11H2,1-3H3,(H,16,19)(H,17,20). The number of carbonyl (C=O) groups is 2. The maximum Gasteiger partial charge on any atom is 0.321 e. The number of benzene rings is 1. The highest BCUT2D eigenvalue weighted by atomic mass is 16.2. The number of unbranched alkanes of at least 4 members (excludes halogenated alkanes) is 1. The molecule has 5 nitrogen and oxygen atoms in total. The molecule has 110 valence electrons. The van der Waals surface area contributed by atoms with Crippen LogP contribution < -0.4 is 10.6 Å². The van der Waals surface area contributed by atoms with E-state index in [9.17, 15) is 9.59 Å². The van der Waals surface area contributed by atoms with E-state index >= 15 is 0 Å². The molecule has 5 heteroatoms. The van der Waals surface area contributed by atoms with Crippen LogP contribution in [-0.2, 0) is 11.2 Å². The van der Waals surface area contributed by atoms with Crippen molar-refractivity contribution in [2.75, 3.05) is 26.0 Å². The summed E-state index contributed by atoms with van der Waals surface area (Å²) in [6, 6.07) is 7.15. The highest BCUT2D eigenvalue weighted by Crippen LogP contribution is 2.11. The van der Waals surface area contributed by atoms with Crippen LogP contribution >= 0.6 is 0 Å². The Bertz CT molecular complexity index is 458. The van der Waals surface area contributed by atoms with Gasteiger partial charge in [-0.25, -0.2) is 4.79 Å². The number of rotatable bonds is 6. The van der Waals surface area contributed by atoms with Gasteiger partial charge in [-0.1, -0.05) is 25.5 Å². The first kappa shape index (κ1) is 16.0. The number of amides is 3. The molecule has 0 aliphatic rings. The van der Waals surface area contributed by atoms with Gasteiger partial charge >= 0.3 is 6.03 Å². The molecule has 0 fully saturated rings. The van der Waals surface area contributed by atoms with Crippen LogP contribution in [-0.4, -0.2) is 37.5 Å². The summed E-state index contributed by atoms with van der Waals surface area (Å²) < 4.78 is 0. The van der Waals surface area contributed by atoms with Crippen molar-refractivity contribution in [1.82, 2.24) is 10.2 Å². The third kappa shape index (κ3) is 5.73. The monoisotopic (exact) mass is 277 g/mol. The Morgan fingerprint density at radius 2 is 2.00 bits per heavy atom. The average molecular weight is 277 g/mol. The minimum Gasteiger partial charge on any atom is -0.356 e. The molecule has 0 saturated heterocycles. The number of hydrogen-bond donors (Lipinski definition) is 2. The summed E-state index contributed by atoms with van der Waals surface area (Å²) >= 11 is 0. The normalized spacial score (nSPS) is 9.95. The topological polar surface area (TPSA) is 61.4 Å². The third-order valence-corrected chi connectivity index (χ3v) is 2.80. The van der Waals surface area contributed by atoms with Gasteiger partial charge in [-0.15, -0.1) is 0 Å². The van der Waals surface area contributed by atoms with Crippen molar-refractivity contribution in [3.05, 3.63) is 29.8 Å². The lowest BCUT2D eigenvalue weighted by Gasteiger charge is -2.12. The van der Waals surface area contributed by atoms with E-state index in [4.69, 9.17) is 0 Å². The highest BCUT2D eigenvalue weighted by Gasteiger charge is 2.06. The molecule has 0 saturated carbocycles. The van der Waals surface area contributed by atoms with Gasteiger partial charge in [-0.2, -0.15) is 0 Å². The predicted octanol–water partition coefficient (Wildman–Crippen LogP) is 2.24. The van der Waals surface area contributed by atoms with Crippen molar-refractivity contribution in [2.45, 2.75) is 26.2 Å². The Morgan fingerprint density at radius 1 is 1.25 bits per heavy atom. The molecule has 0 unspecified atom stereocenters. The number of carbonyl (C=O) groups excluding carboxylic acids is 2. The summed E-state index contributed by atoms with van der Waals surface area (Å²) in [6.07, 6.45) is 2.38. The number of nitrogens with one attached hydrogen (secondary N) is 2. The molecule has 0 spiro atoms. The molecule has 0 aliphatic carbocycles. The van der Waals surface area contributed by atoms with Gasteiger partial charge < -0.3 is 15.5 Å². The summed E-state index contributed by atoms with van der Waals surface area (Å²) in [6.45, 7) is 2.80. The third-order valence-electron chi connectivity index (χ3n) is 2.80. The van der Waals surface area contributed by atoms with E-state index in [0.717, 1.165) is 18.4 Å². The second kappa shape index (κ2) is 8.19. The summed E-state index contributed by atoms with van der Waals surface area (Å²) in [4.78, 5) is 24.7. The molecular weight excluding hydrogens is 254 g/mol. The van der Waals surface area contributed by atoms with Crippen molar-refractivity contribution in [3.63, 3.8) is 0 Å². The van der Waals surface area contributed by atoms with E-state index in [-0.39, 0.29) is 11.9 Å². The second-order valence-electron chi connectivity index (χ2n) is 4.91. The van der Waals surface area contributed by atoms with Gasteiger partial charge in [0.1, 0.15) is 0 Å². The van der Waals surface area contributed by atoms with Gasteiger partial charge in [-0.05, 0) is 24.1 Å². The van der Waals surface area contributed by atoms with E-state index in [1.54, 1.807) is 20.2 Å². The first-order valence-corrected chi connectivity index (χ1v) is 6.87. The number of nitrogens with zero attached hydrogens (tertiary/aromatic N) is 1. The van der Waals surface area contributed by atoms with Crippen LogP contribution in [0.4, 0.5) is 10.5 Å². The fourth-order valence-electron chi connectivity index (χ4n) is 1.65. The molecule has 20 heavy (non-hydrogen) atoms. The molecule has 3 amide bonds. The minimum absolute atomic E-state index is 0.00883. The van der Waals surface area contributed by atoms with Crippen molar-refractivity contribution >= 4 is 17.6 Å². The van der Waals surface area contributed by atoms with E-state index in [2.05, 4.69) is 17.6 Å². The summed E-state index contributed by atoms with van der Waals surface area (Å²) in [5, 5.41) is 5.64. The van der Waals surface area contributed by atoms with Gasteiger partial charge in [0.25, 0.3) is 0 Å². The average Bonchev–Trinajstić information content (AvgIpc) is 2.39. The van der Waals surface area contributed by atoms with Crippen LogP contribution in [0.3, 0.4) is 0 Å². The van der Waals surface area contributed by atoms with Crippen molar-refractivity contribution in [1.29, 1.82) is 0 Å². The van der Waals surface area contributed by atoms with Gasteiger partial charge in [0, 0.05) is 26.3 Å². The van der Waals surface area contributed by atoms with Crippen molar-refractivity contribution < 1.29 is 9.59 Å². The Labute approximate surface area is 120 Å². The van der Waals surface area contributed by atoms with Crippen LogP contribution in [0.5, 0.6) is 0 Å². The van der Waals surface area contributed by atoms with Crippen LogP contribution in [0, 0.1) is 0 Å². The zero-order valence-corrected chi connectivity index (χ0v) is 12.4. The SMILES string of the molecule is CCCCNC(=O)Cc1cccc(NC(=O)N(C)C)c1.